The van der Waals surface area contributed by atoms with Crippen molar-refractivity contribution in [1.29, 1.82) is 0 Å². The number of amides is 1. The number of carbonyl (C=O) groups is 1. The van der Waals surface area contributed by atoms with Crippen molar-refractivity contribution in [3.05, 3.63) is 45.9 Å². The van der Waals surface area contributed by atoms with Crippen LogP contribution in [0.1, 0.15) is 20.9 Å². The number of benzene rings is 1. The number of nitrogens with one attached hydrogen (secondary N) is 2. The van der Waals surface area contributed by atoms with Gasteiger partial charge in [0.25, 0.3) is 5.91 Å². The third-order valence-electron chi connectivity index (χ3n) is 2.64. The van der Waals surface area contributed by atoms with Gasteiger partial charge in [0.15, 0.2) is 0 Å². The highest BCUT2D eigenvalue weighted by atomic mass is 32.1. The Morgan fingerprint density at radius 3 is 2.94 bits per heavy atom. The molecule has 4 nitrogen and oxygen atoms in total. The van der Waals surface area contributed by atoms with E-state index in [0.29, 0.717) is 12.1 Å². The molecule has 1 aromatic heterocycles. The molecule has 0 fully saturated rings. The van der Waals surface area contributed by atoms with Crippen LogP contribution in [-0.4, -0.2) is 17.9 Å². The molecule has 2 rings (SSSR count). The van der Waals surface area contributed by atoms with Crippen molar-refractivity contribution in [2.45, 2.75) is 13.5 Å². The van der Waals surface area contributed by atoms with Crippen LogP contribution in [-0.2, 0) is 6.54 Å². The predicted molar refractivity (Wildman–Crippen MR) is 74.0 cm³/mol. The highest BCUT2D eigenvalue weighted by Gasteiger charge is 2.06. The number of aromatic nitrogens is 1. The Kier molecular flexibility index (Phi) is 3.94. The Morgan fingerprint density at radius 1 is 1.44 bits per heavy atom. The highest BCUT2D eigenvalue weighted by molar-refractivity contribution is 7.09. The minimum Gasteiger partial charge on any atom is -0.378 e. The lowest BCUT2D eigenvalue weighted by atomic mass is 10.1. The van der Waals surface area contributed by atoms with Crippen LogP contribution in [0, 0.1) is 6.92 Å². The molecule has 0 aliphatic rings. The van der Waals surface area contributed by atoms with Crippen molar-refractivity contribution in [3.63, 3.8) is 0 Å². The van der Waals surface area contributed by atoms with E-state index in [1.807, 2.05) is 30.5 Å². The summed E-state index contributed by atoms with van der Waals surface area (Å²) in [4.78, 5) is 15.8. The summed E-state index contributed by atoms with van der Waals surface area (Å²) in [6.07, 6.45) is 1.79. The minimum absolute atomic E-state index is 0.0766. The average molecular weight is 261 g/mol. The van der Waals surface area contributed by atoms with Gasteiger partial charge in [-0.25, -0.2) is 4.98 Å². The fraction of sp³-hybridized carbons (Fsp3) is 0.231. The zero-order chi connectivity index (χ0) is 13.0. The number of rotatable bonds is 4. The number of hydrogen-bond acceptors (Lipinski definition) is 4. The van der Waals surface area contributed by atoms with Gasteiger partial charge in [0.05, 0.1) is 6.54 Å². The molecule has 1 aromatic carbocycles. The van der Waals surface area contributed by atoms with Crippen LogP contribution in [0.15, 0.2) is 29.8 Å². The predicted octanol–water partition coefficient (Wildman–Crippen LogP) is 2.42. The summed E-state index contributed by atoms with van der Waals surface area (Å²) in [6.45, 7) is 2.69. The normalized spacial score (nSPS) is 10.1. The Morgan fingerprint density at radius 2 is 2.28 bits per heavy atom. The molecule has 2 aromatic rings. The summed E-state index contributed by atoms with van der Waals surface area (Å²) < 4.78 is 0. The van der Waals surface area contributed by atoms with Gasteiger partial charge in [0.2, 0.25) is 0 Å². The van der Waals surface area contributed by atoms with Crippen LogP contribution in [0.25, 0.3) is 0 Å². The molecule has 94 valence electrons. The monoisotopic (exact) mass is 261 g/mol. The van der Waals surface area contributed by atoms with E-state index in [9.17, 15) is 4.79 Å². The number of anilines is 1. The van der Waals surface area contributed by atoms with Crippen LogP contribution in [0.3, 0.4) is 0 Å². The van der Waals surface area contributed by atoms with Crippen molar-refractivity contribution < 1.29 is 4.79 Å². The molecule has 0 aliphatic heterocycles. The molecule has 5 heteroatoms. The molecule has 0 unspecified atom stereocenters. The zero-order valence-corrected chi connectivity index (χ0v) is 11.2. The molecule has 0 spiro atoms. The lowest BCUT2D eigenvalue weighted by Crippen LogP contribution is -2.18. The van der Waals surface area contributed by atoms with Gasteiger partial charge in [0, 0.05) is 29.9 Å². The van der Waals surface area contributed by atoms with E-state index in [2.05, 4.69) is 15.6 Å². The number of thiazole rings is 1. The molecular weight excluding hydrogens is 246 g/mol. The van der Waals surface area contributed by atoms with E-state index in [1.54, 1.807) is 24.6 Å². The number of carbonyl (C=O) groups excluding carboxylic acids is 1. The molecule has 0 radical (unpaired) electrons. The van der Waals surface area contributed by atoms with E-state index in [1.165, 1.54) is 0 Å². The molecule has 0 aliphatic carbocycles. The van der Waals surface area contributed by atoms with Crippen molar-refractivity contribution in [2.24, 2.45) is 0 Å². The van der Waals surface area contributed by atoms with Gasteiger partial charge in [-0.2, -0.15) is 0 Å². The minimum atomic E-state index is -0.0766. The third kappa shape index (κ3) is 2.87. The molecule has 1 amide bonds. The maximum Gasteiger partial charge on any atom is 0.251 e. The fourth-order valence-electron chi connectivity index (χ4n) is 1.61. The van der Waals surface area contributed by atoms with Crippen LogP contribution in [0.4, 0.5) is 5.69 Å². The van der Waals surface area contributed by atoms with Gasteiger partial charge >= 0.3 is 0 Å². The molecule has 1 heterocycles. The molecule has 0 atom stereocenters. The van der Waals surface area contributed by atoms with Gasteiger partial charge in [-0.3, -0.25) is 4.79 Å². The quantitative estimate of drug-likeness (QED) is 0.888. The van der Waals surface area contributed by atoms with Gasteiger partial charge in [-0.05, 0) is 24.6 Å². The molecule has 18 heavy (non-hydrogen) atoms. The average Bonchev–Trinajstić information content (AvgIpc) is 2.90. The van der Waals surface area contributed by atoms with E-state index in [4.69, 9.17) is 0 Å². The van der Waals surface area contributed by atoms with Gasteiger partial charge in [-0.15, -0.1) is 11.3 Å². The number of hydrogen-bond donors (Lipinski definition) is 2. The maximum atomic E-state index is 11.6. The van der Waals surface area contributed by atoms with Gasteiger partial charge in [0.1, 0.15) is 5.01 Å². The first-order valence-electron chi connectivity index (χ1n) is 5.65. The molecule has 2 N–H and O–H groups in total. The maximum absolute atomic E-state index is 11.6. The van der Waals surface area contributed by atoms with Crippen LogP contribution in [0.5, 0.6) is 0 Å². The van der Waals surface area contributed by atoms with E-state index < -0.39 is 0 Å². The lowest BCUT2D eigenvalue weighted by Gasteiger charge is -2.10. The van der Waals surface area contributed by atoms with Crippen molar-refractivity contribution in [2.75, 3.05) is 12.4 Å². The summed E-state index contributed by atoms with van der Waals surface area (Å²) in [5, 5.41) is 8.90. The zero-order valence-electron chi connectivity index (χ0n) is 10.4. The summed E-state index contributed by atoms with van der Waals surface area (Å²) in [6, 6.07) is 5.62. The summed E-state index contributed by atoms with van der Waals surface area (Å²) in [7, 11) is 1.63. The summed E-state index contributed by atoms with van der Waals surface area (Å²) >= 11 is 1.61. The Labute approximate surface area is 110 Å². The highest BCUT2D eigenvalue weighted by Crippen LogP contribution is 2.18. The van der Waals surface area contributed by atoms with Crippen LogP contribution < -0.4 is 10.6 Å². The van der Waals surface area contributed by atoms with Crippen molar-refractivity contribution >= 4 is 22.9 Å². The fourth-order valence-corrected chi connectivity index (χ4v) is 2.17. The standard InChI is InChI=1S/C13H15N3OS/c1-9-3-4-10(13(17)14-2)7-11(9)16-8-12-15-5-6-18-12/h3-7,16H,8H2,1-2H3,(H,14,17). The molecule has 0 bridgehead atoms. The molecular formula is C13H15N3OS. The molecule has 0 saturated heterocycles. The summed E-state index contributed by atoms with van der Waals surface area (Å²) in [5.74, 6) is -0.0766. The largest absolute Gasteiger partial charge is 0.378 e. The van der Waals surface area contributed by atoms with Gasteiger partial charge < -0.3 is 10.6 Å². The van der Waals surface area contributed by atoms with Crippen LogP contribution >= 0.6 is 11.3 Å². The summed E-state index contributed by atoms with van der Waals surface area (Å²) in [5.41, 5.74) is 2.73. The second kappa shape index (κ2) is 5.64. The first kappa shape index (κ1) is 12.6. The van der Waals surface area contributed by atoms with E-state index in [0.717, 1.165) is 16.3 Å². The van der Waals surface area contributed by atoms with E-state index in [-0.39, 0.29) is 5.91 Å². The SMILES string of the molecule is CNC(=O)c1ccc(C)c(NCc2nccs2)c1. The van der Waals surface area contributed by atoms with E-state index >= 15 is 0 Å². The Balaban J connectivity index is 2.13. The third-order valence-corrected chi connectivity index (χ3v) is 3.42. The van der Waals surface area contributed by atoms with Crippen molar-refractivity contribution in [3.8, 4) is 0 Å². The number of nitrogens with zero attached hydrogens (tertiary/aromatic N) is 1. The smallest absolute Gasteiger partial charge is 0.251 e. The number of aryl methyl sites for hydroxylation is 1. The van der Waals surface area contributed by atoms with Crippen LogP contribution in [0.2, 0.25) is 0 Å². The molecule has 0 saturated carbocycles. The van der Waals surface area contributed by atoms with Gasteiger partial charge in [-0.1, -0.05) is 6.07 Å². The topological polar surface area (TPSA) is 54.0 Å². The second-order valence-corrected chi connectivity index (χ2v) is 4.87. The first-order chi connectivity index (χ1) is 8.70. The Hall–Kier alpha value is -1.88. The lowest BCUT2D eigenvalue weighted by molar-refractivity contribution is 0.0963. The Bertz CT molecular complexity index is 537. The second-order valence-electron chi connectivity index (χ2n) is 3.89. The van der Waals surface area contributed by atoms with Crippen molar-refractivity contribution in [1.82, 2.24) is 10.3 Å². The first-order valence-corrected chi connectivity index (χ1v) is 6.53.